The summed E-state index contributed by atoms with van der Waals surface area (Å²) in [6.07, 6.45) is 8.78. The van der Waals surface area contributed by atoms with Gasteiger partial charge in [-0.3, -0.25) is 14.9 Å². The number of fused-ring (bicyclic) bond motifs is 2. The van der Waals surface area contributed by atoms with Gasteiger partial charge >= 0.3 is 0 Å². The standard InChI is InChI=1S/C42H48N10O3/c1-27-7-5-8-28(2)38(27)46-39-34-24-44-42(47-40(34)49(3)48-39)45-33-11-9-30-15-20-51(25-32(30)22-33)37(53)21-29-13-18-50(19-14-29)41(54)31-10-12-36(55-4)35(23-31)52-17-6-16-43-26-52/h5-12,17,22-24,29,43H,13-16,18-21,25-26H2,1-4H3,(H,46,48)(H,44,45,47). The summed E-state index contributed by atoms with van der Waals surface area (Å²) in [5.74, 6) is 2.35. The van der Waals surface area contributed by atoms with E-state index in [0.717, 1.165) is 70.7 Å². The number of para-hydroxylation sites is 1. The van der Waals surface area contributed by atoms with E-state index in [1.807, 2.05) is 64.4 Å². The summed E-state index contributed by atoms with van der Waals surface area (Å²) in [7, 11) is 3.53. The zero-order valence-electron chi connectivity index (χ0n) is 31.9. The zero-order valence-corrected chi connectivity index (χ0v) is 31.9. The molecule has 0 unspecified atom stereocenters. The minimum atomic E-state index is 0.0142. The number of methoxy groups -OCH3 is 1. The molecule has 5 heterocycles. The number of nitrogens with one attached hydrogen (secondary N) is 3. The number of hydrogen-bond acceptors (Lipinski definition) is 10. The Bertz CT molecular complexity index is 2260. The van der Waals surface area contributed by atoms with Crippen LogP contribution in [-0.2, 0) is 24.8 Å². The molecule has 8 rings (SSSR count). The largest absolute Gasteiger partial charge is 0.495 e. The number of anilines is 5. The number of amides is 2. The maximum atomic E-state index is 13.6. The second kappa shape index (κ2) is 15.4. The summed E-state index contributed by atoms with van der Waals surface area (Å²) in [5.41, 5.74) is 8.79. The number of benzene rings is 3. The number of likely N-dealkylation sites (tertiary alicyclic amines) is 1. The molecule has 1 fully saturated rings. The van der Waals surface area contributed by atoms with Crippen LogP contribution in [0.1, 0.15) is 51.9 Å². The number of aryl methyl sites for hydroxylation is 3. The molecule has 5 aromatic rings. The highest BCUT2D eigenvalue weighted by atomic mass is 16.5. The summed E-state index contributed by atoms with van der Waals surface area (Å²) < 4.78 is 7.35. The van der Waals surface area contributed by atoms with Gasteiger partial charge in [-0.25, -0.2) is 9.67 Å². The highest BCUT2D eigenvalue weighted by Crippen LogP contribution is 2.33. The van der Waals surface area contributed by atoms with E-state index in [1.165, 1.54) is 5.56 Å². The van der Waals surface area contributed by atoms with E-state index in [4.69, 9.17) is 14.8 Å². The predicted octanol–water partition coefficient (Wildman–Crippen LogP) is 6.18. The molecular weight excluding hydrogens is 693 g/mol. The van der Waals surface area contributed by atoms with Crippen molar-refractivity contribution in [3.05, 3.63) is 101 Å². The summed E-state index contributed by atoms with van der Waals surface area (Å²) >= 11 is 0. The van der Waals surface area contributed by atoms with Crippen molar-refractivity contribution in [2.75, 3.05) is 55.5 Å². The third-order valence-corrected chi connectivity index (χ3v) is 11.1. The van der Waals surface area contributed by atoms with E-state index in [2.05, 4.69) is 59.0 Å². The molecule has 55 heavy (non-hydrogen) atoms. The Morgan fingerprint density at radius 1 is 0.964 bits per heavy atom. The number of hydrogen-bond donors (Lipinski definition) is 3. The quantitative estimate of drug-likeness (QED) is 0.161. The molecule has 0 aliphatic carbocycles. The topological polar surface area (TPSA) is 133 Å². The summed E-state index contributed by atoms with van der Waals surface area (Å²) in [4.78, 5) is 42.6. The van der Waals surface area contributed by atoms with Crippen molar-refractivity contribution >= 4 is 51.7 Å². The first-order valence-corrected chi connectivity index (χ1v) is 19.0. The lowest BCUT2D eigenvalue weighted by Gasteiger charge is -2.34. The number of ether oxygens (including phenoxy) is 1. The van der Waals surface area contributed by atoms with Gasteiger partial charge in [0, 0.05) is 75.5 Å². The van der Waals surface area contributed by atoms with Crippen LogP contribution >= 0.6 is 0 Å². The molecule has 1 saturated heterocycles. The lowest BCUT2D eigenvalue weighted by Crippen LogP contribution is -2.41. The fourth-order valence-electron chi connectivity index (χ4n) is 7.91. The van der Waals surface area contributed by atoms with Crippen LogP contribution < -0.4 is 25.6 Å². The van der Waals surface area contributed by atoms with E-state index in [-0.39, 0.29) is 17.7 Å². The highest BCUT2D eigenvalue weighted by molar-refractivity contribution is 5.96. The molecule has 3 aliphatic heterocycles. The average molecular weight is 741 g/mol. The minimum absolute atomic E-state index is 0.0142. The van der Waals surface area contributed by atoms with Gasteiger partial charge in [-0.1, -0.05) is 30.3 Å². The van der Waals surface area contributed by atoms with E-state index < -0.39 is 0 Å². The van der Waals surface area contributed by atoms with E-state index in [9.17, 15) is 9.59 Å². The van der Waals surface area contributed by atoms with Gasteiger partial charge in [-0.15, -0.1) is 0 Å². The van der Waals surface area contributed by atoms with Crippen molar-refractivity contribution in [1.82, 2.24) is 34.9 Å². The van der Waals surface area contributed by atoms with Crippen molar-refractivity contribution in [2.24, 2.45) is 13.0 Å². The molecule has 3 aliphatic rings. The molecule has 13 nitrogen and oxygen atoms in total. The van der Waals surface area contributed by atoms with Crippen molar-refractivity contribution in [2.45, 2.75) is 46.1 Å². The Morgan fingerprint density at radius 3 is 2.55 bits per heavy atom. The molecular formula is C42H48N10O3. The van der Waals surface area contributed by atoms with Crippen LogP contribution in [-0.4, -0.2) is 81.3 Å². The van der Waals surface area contributed by atoms with E-state index in [0.29, 0.717) is 62.2 Å². The Labute approximate surface area is 321 Å². The van der Waals surface area contributed by atoms with Gasteiger partial charge < -0.3 is 30.1 Å². The number of carbonyl (C=O) groups excluding carboxylic acids is 2. The number of piperidine rings is 1. The summed E-state index contributed by atoms with van der Waals surface area (Å²) in [6, 6.07) is 18.1. The first kappa shape index (κ1) is 36.0. The van der Waals surface area contributed by atoms with Crippen LogP contribution in [0.25, 0.3) is 11.0 Å². The zero-order chi connectivity index (χ0) is 38.1. The summed E-state index contributed by atoms with van der Waals surface area (Å²) in [6.45, 7) is 8.16. The molecule has 2 amide bonds. The van der Waals surface area contributed by atoms with Crippen LogP contribution in [0.15, 0.2) is 73.1 Å². The third kappa shape index (κ3) is 7.57. The smallest absolute Gasteiger partial charge is 0.253 e. The Kier molecular flexibility index (Phi) is 10.1. The Hall–Kier alpha value is -5.95. The van der Waals surface area contributed by atoms with Crippen LogP contribution in [0.4, 0.5) is 28.8 Å². The molecule has 0 atom stereocenters. The van der Waals surface area contributed by atoms with Gasteiger partial charge in [-0.05, 0) is 91.6 Å². The van der Waals surface area contributed by atoms with Gasteiger partial charge in [0.15, 0.2) is 11.5 Å². The number of nitrogens with zero attached hydrogens (tertiary/aromatic N) is 7. The fourth-order valence-corrected chi connectivity index (χ4v) is 7.91. The second-order valence-corrected chi connectivity index (χ2v) is 14.8. The van der Waals surface area contributed by atoms with E-state index in [1.54, 1.807) is 18.0 Å². The first-order valence-electron chi connectivity index (χ1n) is 19.0. The van der Waals surface area contributed by atoms with Gasteiger partial charge in [0.25, 0.3) is 5.91 Å². The molecule has 13 heteroatoms. The van der Waals surface area contributed by atoms with Gasteiger partial charge in [0.1, 0.15) is 5.75 Å². The number of carbonyl (C=O) groups is 2. The van der Waals surface area contributed by atoms with Gasteiger partial charge in [0.2, 0.25) is 11.9 Å². The molecule has 0 spiro atoms. The van der Waals surface area contributed by atoms with Crippen LogP contribution in [0.2, 0.25) is 0 Å². The van der Waals surface area contributed by atoms with E-state index >= 15 is 0 Å². The SMILES string of the molecule is COc1ccc(C(=O)N2CCC(CC(=O)N3CCc4ccc(Nc5ncc6c(Nc7c(C)cccc7C)nn(C)c6n5)cc4C3)CC2)cc1N1C=CCNC1. The molecule has 0 saturated carbocycles. The van der Waals surface area contributed by atoms with Crippen LogP contribution in [0, 0.1) is 19.8 Å². The number of rotatable bonds is 9. The fraction of sp³-hybridized carbons (Fsp3) is 0.357. The monoisotopic (exact) mass is 740 g/mol. The second-order valence-electron chi connectivity index (χ2n) is 14.8. The first-order chi connectivity index (χ1) is 26.7. The van der Waals surface area contributed by atoms with Gasteiger partial charge in [0.05, 0.1) is 24.9 Å². The van der Waals surface area contributed by atoms with Crippen molar-refractivity contribution in [3.8, 4) is 5.75 Å². The van der Waals surface area contributed by atoms with Crippen LogP contribution in [0.3, 0.4) is 0 Å². The van der Waals surface area contributed by atoms with Crippen molar-refractivity contribution in [3.63, 3.8) is 0 Å². The molecule has 2 aromatic heterocycles. The normalized spacial score (nSPS) is 16.0. The molecule has 284 valence electrons. The summed E-state index contributed by atoms with van der Waals surface area (Å²) in [5, 5.41) is 15.7. The average Bonchev–Trinajstić information content (AvgIpc) is 3.52. The Morgan fingerprint density at radius 2 is 1.78 bits per heavy atom. The maximum absolute atomic E-state index is 13.6. The predicted molar refractivity (Wildman–Crippen MR) is 215 cm³/mol. The maximum Gasteiger partial charge on any atom is 0.253 e. The Balaban J connectivity index is 0.869. The lowest BCUT2D eigenvalue weighted by atomic mass is 9.91. The molecule has 0 radical (unpaired) electrons. The van der Waals surface area contributed by atoms with Crippen molar-refractivity contribution in [1.29, 1.82) is 0 Å². The molecule has 3 N–H and O–H groups in total. The van der Waals surface area contributed by atoms with Crippen LogP contribution in [0.5, 0.6) is 5.75 Å². The lowest BCUT2D eigenvalue weighted by molar-refractivity contribution is -0.133. The minimum Gasteiger partial charge on any atom is -0.495 e. The third-order valence-electron chi connectivity index (χ3n) is 11.1. The molecule has 0 bridgehead atoms. The van der Waals surface area contributed by atoms with Crippen molar-refractivity contribution < 1.29 is 14.3 Å². The molecule has 3 aromatic carbocycles. The highest BCUT2D eigenvalue weighted by Gasteiger charge is 2.29. The number of aromatic nitrogens is 4. The van der Waals surface area contributed by atoms with Gasteiger partial charge in [-0.2, -0.15) is 10.1 Å².